The van der Waals surface area contributed by atoms with Gasteiger partial charge in [-0.15, -0.1) is 6.42 Å². The summed E-state index contributed by atoms with van der Waals surface area (Å²) in [5.74, 6) is 1.82. The Hall–Kier alpha value is -3.45. The average molecular weight is 312 g/mol. The van der Waals surface area contributed by atoms with E-state index in [-0.39, 0.29) is 11.8 Å². The van der Waals surface area contributed by atoms with Crippen LogP contribution in [-0.4, -0.2) is 16.8 Å². The zero-order valence-electron chi connectivity index (χ0n) is 12.9. The van der Waals surface area contributed by atoms with Gasteiger partial charge in [-0.05, 0) is 31.2 Å². The van der Waals surface area contributed by atoms with Crippen LogP contribution in [0.5, 0.6) is 0 Å². The number of imide groups is 1. The molecular weight excluding hydrogens is 300 g/mol. The maximum Gasteiger partial charge on any atom is 0.268 e. The zero-order valence-corrected chi connectivity index (χ0v) is 12.9. The normalized spacial score (nSPS) is 13.2. The summed E-state index contributed by atoms with van der Waals surface area (Å²) in [7, 11) is 0. The van der Waals surface area contributed by atoms with Crippen LogP contribution in [0, 0.1) is 19.3 Å². The lowest BCUT2D eigenvalue weighted by Crippen LogP contribution is -2.29. The highest BCUT2D eigenvalue weighted by Crippen LogP contribution is 2.34. The van der Waals surface area contributed by atoms with Crippen LogP contribution in [0.1, 0.15) is 32.0 Å². The molecule has 4 nitrogen and oxygen atoms in total. The van der Waals surface area contributed by atoms with E-state index in [1.54, 1.807) is 31.2 Å². The highest BCUT2D eigenvalue weighted by Gasteiger charge is 2.40. The third-order valence-corrected chi connectivity index (χ3v) is 4.18. The molecule has 0 radical (unpaired) electrons. The molecule has 1 aliphatic rings. The monoisotopic (exact) mass is 312 g/mol. The van der Waals surface area contributed by atoms with E-state index in [9.17, 15) is 9.59 Å². The molecule has 1 aliphatic heterocycles. The molecule has 114 valence electrons. The SMILES string of the molecule is C#Cc1cccc(N2C(=O)c3c(C)nc4ccccc4c3C2=O)c1. The molecule has 3 aromatic rings. The summed E-state index contributed by atoms with van der Waals surface area (Å²) in [6.07, 6.45) is 5.42. The van der Waals surface area contributed by atoms with Crippen LogP contribution in [0.2, 0.25) is 0 Å². The van der Waals surface area contributed by atoms with E-state index < -0.39 is 0 Å². The lowest BCUT2D eigenvalue weighted by molar-refractivity contribution is 0.0926. The van der Waals surface area contributed by atoms with Crippen molar-refractivity contribution >= 4 is 28.4 Å². The molecule has 0 unspecified atom stereocenters. The van der Waals surface area contributed by atoms with Crippen molar-refractivity contribution < 1.29 is 9.59 Å². The maximum absolute atomic E-state index is 13.0. The van der Waals surface area contributed by atoms with Gasteiger partial charge in [0.05, 0.1) is 28.0 Å². The largest absolute Gasteiger partial charge is 0.268 e. The number of para-hydroxylation sites is 1. The number of hydrogen-bond donors (Lipinski definition) is 0. The quantitative estimate of drug-likeness (QED) is 0.511. The van der Waals surface area contributed by atoms with Crippen LogP contribution >= 0.6 is 0 Å². The Balaban J connectivity index is 1.97. The first-order valence-corrected chi connectivity index (χ1v) is 7.46. The summed E-state index contributed by atoms with van der Waals surface area (Å²) < 4.78 is 0. The van der Waals surface area contributed by atoms with Gasteiger partial charge in [-0.2, -0.15) is 0 Å². The molecule has 0 aliphatic carbocycles. The molecule has 4 heteroatoms. The van der Waals surface area contributed by atoms with Gasteiger partial charge < -0.3 is 0 Å². The summed E-state index contributed by atoms with van der Waals surface area (Å²) in [4.78, 5) is 31.5. The van der Waals surface area contributed by atoms with Crippen LogP contribution in [0.15, 0.2) is 48.5 Å². The highest BCUT2D eigenvalue weighted by atomic mass is 16.2. The molecule has 1 aromatic heterocycles. The van der Waals surface area contributed by atoms with Crippen molar-refractivity contribution in [3.63, 3.8) is 0 Å². The van der Waals surface area contributed by atoms with Crippen LogP contribution in [0.3, 0.4) is 0 Å². The van der Waals surface area contributed by atoms with E-state index in [1.165, 1.54) is 4.90 Å². The first kappa shape index (κ1) is 14.2. The first-order valence-electron chi connectivity index (χ1n) is 7.46. The maximum atomic E-state index is 13.0. The number of carbonyl (C=O) groups excluding carboxylic acids is 2. The second-order valence-corrected chi connectivity index (χ2v) is 5.60. The molecule has 2 amide bonds. The molecule has 2 aromatic carbocycles. The number of nitrogens with zero attached hydrogens (tertiary/aromatic N) is 2. The van der Waals surface area contributed by atoms with Crippen molar-refractivity contribution in [2.24, 2.45) is 0 Å². The van der Waals surface area contributed by atoms with Crippen molar-refractivity contribution in [2.45, 2.75) is 6.92 Å². The molecule has 0 fully saturated rings. The van der Waals surface area contributed by atoms with Crippen molar-refractivity contribution in [1.29, 1.82) is 0 Å². The lowest BCUT2D eigenvalue weighted by Gasteiger charge is -2.14. The molecule has 0 saturated heterocycles. The van der Waals surface area contributed by atoms with Gasteiger partial charge in [-0.1, -0.05) is 30.2 Å². The number of aromatic nitrogens is 1. The Morgan fingerprint density at radius 2 is 1.75 bits per heavy atom. The van der Waals surface area contributed by atoms with Gasteiger partial charge in [0.2, 0.25) is 0 Å². The molecule has 24 heavy (non-hydrogen) atoms. The number of benzene rings is 2. The van der Waals surface area contributed by atoms with Crippen molar-refractivity contribution in [2.75, 3.05) is 4.90 Å². The third-order valence-electron chi connectivity index (χ3n) is 4.18. The predicted octanol–water partition coefficient (Wildman–Crippen LogP) is 3.33. The smallest absolute Gasteiger partial charge is 0.268 e. The number of terminal acetylenes is 1. The van der Waals surface area contributed by atoms with Crippen molar-refractivity contribution in [3.05, 3.63) is 70.9 Å². The van der Waals surface area contributed by atoms with Gasteiger partial charge >= 0.3 is 0 Å². The number of amides is 2. The summed E-state index contributed by atoms with van der Waals surface area (Å²) >= 11 is 0. The standard InChI is InChI=1S/C20H12N2O2/c1-3-13-7-6-8-14(11-13)22-19(23)17-12(2)21-16-10-5-4-9-15(16)18(17)20(22)24/h1,4-11H,2H3. The van der Waals surface area contributed by atoms with Gasteiger partial charge in [0.25, 0.3) is 11.8 Å². The molecule has 2 heterocycles. The zero-order chi connectivity index (χ0) is 16.8. The number of carbonyl (C=O) groups is 2. The van der Waals surface area contributed by atoms with Gasteiger partial charge in [0, 0.05) is 10.9 Å². The molecule has 0 bridgehead atoms. The summed E-state index contributed by atoms with van der Waals surface area (Å²) in [6, 6.07) is 14.2. The van der Waals surface area contributed by atoms with Crippen LogP contribution in [-0.2, 0) is 0 Å². The second kappa shape index (κ2) is 5.04. The molecule has 0 saturated carbocycles. The summed E-state index contributed by atoms with van der Waals surface area (Å²) in [5.41, 5.74) is 3.12. The Kier molecular flexibility index (Phi) is 2.97. The number of fused-ring (bicyclic) bond motifs is 3. The van der Waals surface area contributed by atoms with Crippen LogP contribution in [0.4, 0.5) is 5.69 Å². The van der Waals surface area contributed by atoms with E-state index >= 15 is 0 Å². The molecule has 0 spiro atoms. The minimum absolute atomic E-state index is 0.342. The first-order chi connectivity index (χ1) is 11.6. The van der Waals surface area contributed by atoms with Crippen LogP contribution in [0.25, 0.3) is 10.9 Å². The highest BCUT2D eigenvalue weighted by molar-refractivity contribution is 6.37. The molecule has 4 rings (SSSR count). The minimum Gasteiger partial charge on any atom is -0.268 e. The van der Waals surface area contributed by atoms with E-state index in [1.807, 2.05) is 24.3 Å². The third kappa shape index (κ3) is 1.85. The Labute approximate surface area is 138 Å². The molecule has 0 N–H and O–H groups in total. The average Bonchev–Trinajstić information content (AvgIpc) is 2.87. The Bertz CT molecular complexity index is 1080. The van der Waals surface area contributed by atoms with E-state index in [0.717, 1.165) is 0 Å². The van der Waals surface area contributed by atoms with Gasteiger partial charge in [0.15, 0.2) is 0 Å². The summed E-state index contributed by atoms with van der Waals surface area (Å²) in [6.45, 7) is 1.75. The fourth-order valence-corrected chi connectivity index (χ4v) is 3.10. The lowest BCUT2D eigenvalue weighted by atomic mass is 10.0. The van der Waals surface area contributed by atoms with Crippen molar-refractivity contribution in [1.82, 2.24) is 4.98 Å². The van der Waals surface area contributed by atoms with Crippen molar-refractivity contribution in [3.8, 4) is 12.3 Å². The number of hydrogen-bond acceptors (Lipinski definition) is 3. The predicted molar refractivity (Wildman–Crippen MR) is 92.0 cm³/mol. The fraction of sp³-hybridized carbons (Fsp3) is 0.0500. The number of aryl methyl sites for hydroxylation is 1. The molecule has 0 atom stereocenters. The fourth-order valence-electron chi connectivity index (χ4n) is 3.10. The van der Waals surface area contributed by atoms with Gasteiger partial charge in [-0.3, -0.25) is 14.6 Å². The second-order valence-electron chi connectivity index (χ2n) is 5.60. The number of pyridine rings is 1. The molecular formula is C20H12N2O2. The van der Waals surface area contributed by atoms with Gasteiger partial charge in [-0.25, -0.2) is 4.90 Å². The van der Waals surface area contributed by atoms with Gasteiger partial charge in [0.1, 0.15) is 0 Å². The Morgan fingerprint density at radius 1 is 1.00 bits per heavy atom. The number of anilines is 1. The van der Waals surface area contributed by atoms with Crippen LogP contribution < -0.4 is 4.90 Å². The van der Waals surface area contributed by atoms with E-state index in [4.69, 9.17) is 6.42 Å². The van der Waals surface area contributed by atoms with E-state index in [0.29, 0.717) is 39.0 Å². The summed E-state index contributed by atoms with van der Waals surface area (Å²) in [5, 5.41) is 0.687. The van der Waals surface area contributed by atoms with E-state index in [2.05, 4.69) is 10.9 Å². The minimum atomic E-state index is -0.361. The number of rotatable bonds is 1. The Morgan fingerprint density at radius 3 is 2.54 bits per heavy atom. The topological polar surface area (TPSA) is 50.3 Å².